The molecule has 0 spiro atoms. The lowest BCUT2D eigenvalue weighted by Crippen LogP contribution is -2.34. The molecule has 1 aliphatic rings. The largest absolute Gasteiger partial charge is 0.522 e. The standard InChI is InChI=1S/C19H19ClF3N3O4/c1-11(24-16(27)10-28-14-5-3-13(20)4-6-14)2-7-17-25-26-18(29-17)12-8-15(9-12)30-19(21,22)23/h3-6,12,15H,1-2,7-10H2,(H,24,27). The topological polar surface area (TPSA) is 86.5 Å². The van der Waals surface area contributed by atoms with Crippen LogP contribution in [0.15, 0.2) is 41.0 Å². The second-order valence-electron chi connectivity index (χ2n) is 6.78. The molecule has 1 aromatic heterocycles. The molecule has 1 fully saturated rings. The van der Waals surface area contributed by atoms with Crippen LogP contribution >= 0.6 is 11.6 Å². The zero-order chi connectivity index (χ0) is 21.7. The molecular weight excluding hydrogens is 427 g/mol. The molecule has 30 heavy (non-hydrogen) atoms. The lowest BCUT2D eigenvalue weighted by atomic mass is 9.82. The van der Waals surface area contributed by atoms with Crippen LogP contribution in [0.5, 0.6) is 5.75 Å². The highest BCUT2D eigenvalue weighted by Crippen LogP contribution is 2.40. The monoisotopic (exact) mass is 445 g/mol. The van der Waals surface area contributed by atoms with Gasteiger partial charge in [0.25, 0.3) is 5.91 Å². The number of halogens is 4. The highest BCUT2D eigenvalue weighted by molar-refractivity contribution is 6.30. The summed E-state index contributed by atoms with van der Waals surface area (Å²) in [7, 11) is 0. The molecule has 1 saturated carbocycles. The Kier molecular flexibility index (Phi) is 6.99. The molecule has 7 nitrogen and oxygen atoms in total. The van der Waals surface area contributed by atoms with Crippen LogP contribution in [0.25, 0.3) is 0 Å². The number of ether oxygens (including phenoxy) is 2. The maximum Gasteiger partial charge on any atom is 0.522 e. The van der Waals surface area contributed by atoms with Crippen molar-refractivity contribution in [2.75, 3.05) is 6.61 Å². The Labute approximate surface area is 175 Å². The van der Waals surface area contributed by atoms with Crippen molar-refractivity contribution < 1.29 is 31.9 Å². The van der Waals surface area contributed by atoms with E-state index in [-0.39, 0.29) is 37.2 Å². The smallest absolute Gasteiger partial charge is 0.484 e. The molecule has 1 heterocycles. The molecule has 0 aliphatic heterocycles. The van der Waals surface area contributed by atoms with Crippen molar-refractivity contribution in [1.29, 1.82) is 0 Å². The highest BCUT2D eigenvalue weighted by atomic mass is 35.5. The Balaban J connectivity index is 1.35. The summed E-state index contributed by atoms with van der Waals surface area (Å²) in [6.45, 7) is 3.59. The normalized spacial score (nSPS) is 18.5. The summed E-state index contributed by atoms with van der Waals surface area (Å²) < 4.78 is 51.2. The molecule has 162 valence electrons. The van der Waals surface area contributed by atoms with E-state index in [4.69, 9.17) is 20.8 Å². The fourth-order valence-corrected chi connectivity index (χ4v) is 2.94. The van der Waals surface area contributed by atoms with Gasteiger partial charge in [-0.3, -0.25) is 9.53 Å². The number of hydrogen-bond acceptors (Lipinski definition) is 6. The third-order valence-electron chi connectivity index (χ3n) is 4.37. The van der Waals surface area contributed by atoms with Crippen LogP contribution in [0.3, 0.4) is 0 Å². The summed E-state index contributed by atoms with van der Waals surface area (Å²) in [6, 6.07) is 6.60. The number of allylic oxidation sites excluding steroid dienone is 1. The van der Waals surface area contributed by atoms with Gasteiger partial charge in [-0.15, -0.1) is 23.4 Å². The number of carbonyl (C=O) groups is 1. The molecule has 0 bridgehead atoms. The zero-order valence-corrected chi connectivity index (χ0v) is 16.5. The Morgan fingerprint density at radius 1 is 1.27 bits per heavy atom. The third-order valence-corrected chi connectivity index (χ3v) is 4.62. The number of hydrogen-bond donors (Lipinski definition) is 1. The number of amides is 1. The Bertz CT molecular complexity index is 880. The number of alkyl halides is 3. The van der Waals surface area contributed by atoms with Gasteiger partial charge < -0.3 is 14.5 Å². The lowest BCUT2D eigenvalue weighted by Gasteiger charge is -2.32. The van der Waals surface area contributed by atoms with Gasteiger partial charge in [0.05, 0.1) is 6.10 Å². The fourth-order valence-electron chi connectivity index (χ4n) is 2.82. The number of aryl methyl sites for hydroxylation is 1. The van der Waals surface area contributed by atoms with Crippen molar-refractivity contribution in [1.82, 2.24) is 15.5 Å². The van der Waals surface area contributed by atoms with Crippen LogP contribution in [0, 0.1) is 0 Å². The van der Waals surface area contributed by atoms with Gasteiger partial charge in [0.2, 0.25) is 11.8 Å². The molecule has 1 N–H and O–H groups in total. The summed E-state index contributed by atoms with van der Waals surface area (Å²) in [5.41, 5.74) is 0.446. The molecule has 0 saturated heterocycles. The number of nitrogens with zero attached hydrogens (tertiary/aromatic N) is 2. The molecule has 1 aromatic carbocycles. The SMILES string of the molecule is C=C(CCc1nnc(C2CC(OC(F)(F)F)C2)o1)NC(=O)COc1ccc(Cl)cc1. The Morgan fingerprint density at radius 2 is 1.97 bits per heavy atom. The van der Waals surface area contributed by atoms with Crippen molar-refractivity contribution in [3.63, 3.8) is 0 Å². The number of nitrogens with one attached hydrogen (secondary N) is 1. The second-order valence-corrected chi connectivity index (χ2v) is 7.22. The fraction of sp³-hybridized carbons (Fsp3) is 0.421. The van der Waals surface area contributed by atoms with E-state index in [9.17, 15) is 18.0 Å². The van der Waals surface area contributed by atoms with Gasteiger partial charge in [-0.2, -0.15) is 0 Å². The summed E-state index contributed by atoms with van der Waals surface area (Å²) in [5.74, 6) is 0.506. The minimum Gasteiger partial charge on any atom is -0.484 e. The molecule has 1 amide bonds. The molecule has 2 aromatic rings. The average Bonchev–Trinajstić information content (AvgIpc) is 3.10. The van der Waals surface area contributed by atoms with Gasteiger partial charge in [0.15, 0.2) is 6.61 Å². The summed E-state index contributed by atoms with van der Waals surface area (Å²) in [5, 5.41) is 10.9. The number of carbonyl (C=O) groups excluding carboxylic acids is 1. The van der Waals surface area contributed by atoms with Gasteiger partial charge in [-0.05, 0) is 43.5 Å². The third kappa shape index (κ3) is 6.74. The maximum absolute atomic E-state index is 12.2. The highest BCUT2D eigenvalue weighted by Gasteiger charge is 2.42. The van der Waals surface area contributed by atoms with Crippen molar-refractivity contribution in [2.45, 2.75) is 44.1 Å². The first-order valence-electron chi connectivity index (χ1n) is 9.11. The summed E-state index contributed by atoms with van der Waals surface area (Å²) in [6.07, 6.45) is -4.47. The Morgan fingerprint density at radius 3 is 2.63 bits per heavy atom. The van der Waals surface area contributed by atoms with Gasteiger partial charge in [0.1, 0.15) is 5.75 Å². The lowest BCUT2D eigenvalue weighted by molar-refractivity contribution is -0.352. The maximum atomic E-state index is 12.2. The van der Waals surface area contributed by atoms with E-state index in [1.54, 1.807) is 24.3 Å². The van der Waals surface area contributed by atoms with Crippen molar-refractivity contribution >= 4 is 17.5 Å². The van der Waals surface area contributed by atoms with Crippen molar-refractivity contribution in [2.24, 2.45) is 0 Å². The van der Waals surface area contributed by atoms with Crippen LogP contribution in [0.4, 0.5) is 13.2 Å². The number of aromatic nitrogens is 2. The van der Waals surface area contributed by atoms with Crippen molar-refractivity contribution in [3.05, 3.63) is 53.3 Å². The predicted molar refractivity (Wildman–Crippen MR) is 99.8 cm³/mol. The van der Waals surface area contributed by atoms with Gasteiger partial charge in [-0.25, -0.2) is 0 Å². The summed E-state index contributed by atoms with van der Waals surface area (Å²) in [4.78, 5) is 11.9. The van der Waals surface area contributed by atoms with Crippen LogP contribution in [0.1, 0.15) is 37.0 Å². The molecular formula is C19H19ClF3N3O4. The van der Waals surface area contributed by atoms with Crippen LogP contribution in [0.2, 0.25) is 5.02 Å². The molecule has 11 heteroatoms. The van der Waals surface area contributed by atoms with Crippen LogP contribution in [-0.4, -0.2) is 35.2 Å². The molecule has 0 atom stereocenters. The first-order valence-corrected chi connectivity index (χ1v) is 9.48. The first-order chi connectivity index (χ1) is 14.2. The number of benzene rings is 1. The minimum atomic E-state index is -4.64. The summed E-state index contributed by atoms with van der Waals surface area (Å²) >= 11 is 5.78. The van der Waals surface area contributed by atoms with E-state index in [0.29, 0.717) is 35.2 Å². The molecule has 0 unspecified atom stereocenters. The van der Waals surface area contributed by atoms with Crippen LogP contribution < -0.4 is 10.1 Å². The second kappa shape index (κ2) is 9.48. The first kappa shape index (κ1) is 22.1. The minimum absolute atomic E-state index is 0.178. The average molecular weight is 446 g/mol. The molecule has 1 aliphatic carbocycles. The Hall–Kier alpha value is -2.59. The quantitative estimate of drug-likeness (QED) is 0.624. The number of rotatable bonds is 9. The van der Waals surface area contributed by atoms with E-state index in [1.165, 1.54) is 0 Å². The van der Waals surface area contributed by atoms with E-state index < -0.39 is 12.5 Å². The zero-order valence-electron chi connectivity index (χ0n) is 15.7. The predicted octanol–water partition coefficient (Wildman–Crippen LogP) is 4.15. The van der Waals surface area contributed by atoms with E-state index >= 15 is 0 Å². The van der Waals surface area contributed by atoms with Gasteiger partial charge in [-0.1, -0.05) is 18.2 Å². The van der Waals surface area contributed by atoms with Gasteiger partial charge in [0, 0.05) is 23.1 Å². The van der Waals surface area contributed by atoms with Gasteiger partial charge >= 0.3 is 6.36 Å². The van der Waals surface area contributed by atoms with Crippen LogP contribution in [-0.2, 0) is 16.0 Å². The van der Waals surface area contributed by atoms with E-state index in [2.05, 4.69) is 26.8 Å². The van der Waals surface area contributed by atoms with Crippen molar-refractivity contribution in [3.8, 4) is 5.75 Å². The van der Waals surface area contributed by atoms with E-state index in [1.807, 2.05) is 0 Å². The molecule has 0 radical (unpaired) electrons. The molecule has 3 rings (SSSR count). The van der Waals surface area contributed by atoms with E-state index in [0.717, 1.165) is 0 Å².